The molecule has 3 rings (SSSR count). The number of ketones is 1. The minimum Gasteiger partial charge on any atom is -0.482 e. The average molecular weight is 330 g/mol. The van der Waals surface area contributed by atoms with Gasteiger partial charge in [0.2, 0.25) is 5.91 Å². The summed E-state index contributed by atoms with van der Waals surface area (Å²) < 4.78 is 5.45. The van der Waals surface area contributed by atoms with Crippen molar-refractivity contribution >= 4 is 23.3 Å². The van der Waals surface area contributed by atoms with Crippen molar-refractivity contribution in [2.24, 2.45) is 0 Å². The first-order valence-corrected chi connectivity index (χ1v) is 8.37. The Morgan fingerprint density at radius 3 is 2.54 bits per heavy atom. The highest BCUT2D eigenvalue weighted by molar-refractivity contribution is 6.05. The molecule has 1 saturated heterocycles. The molecule has 0 bridgehead atoms. The maximum Gasteiger partial charge on any atom is 0.265 e. The quantitative estimate of drug-likeness (QED) is 0.795. The van der Waals surface area contributed by atoms with Crippen LogP contribution in [0.4, 0.5) is 5.69 Å². The van der Waals surface area contributed by atoms with Crippen LogP contribution in [0.1, 0.15) is 43.5 Å². The van der Waals surface area contributed by atoms with E-state index in [2.05, 4.69) is 0 Å². The summed E-state index contributed by atoms with van der Waals surface area (Å²) in [6.07, 6.45) is 3.14. The van der Waals surface area contributed by atoms with Crippen LogP contribution in [0.2, 0.25) is 0 Å². The first-order chi connectivity index (χ1) is 11.5. The summed E-state index contributed by atoms with van der Waals surface area (Å²) in [7, 11) is 0. The molecule has 1 unspecified atom stereocenters. The molecule has 2 aliphatic rings. The Kier molecular flexibility index (Phi) is 4.55. The lowest BCUT2D eigenvalue weighted by Crippen LogP contribution is -2.53. The lowest BCUT2D eigenvalue weighted by molar-refractivity contribution is -0.135. The van der Waals surface area contributed by atoms with E-state index < -0.39 is 6.04 Å². The third-order valence-corrected chi connectivity index (χ3v) is 4.66. The minimum atomic E-state index is -0.611. The largest absolute Gasteiger partial charge is 0.482 e. The highest BCUT2D eigenvalue weighted by atomic mass is 16.5. The molecule has 6 nitrogen and oxygen atoms in total. The maximum atomic E-state index is 12.8. The number of carbonyl (C=O) groups is 3. The number of ether oxygens (including phenoxy) is 1. The number of amides is 2. The molecular formula is C18H22N2O4. The molecule has 2 amide bonds. The third-order valence-electron chi connectivity index (χ3n) is 4.66. The Hall–Kier alpha value is -2.37. The normalized spacial score (nSPS) is 18.7. The number of benzene rings is 1. The molecule has 0 N–H and O–H groups in total. The fraction of sp³-hybridized carbons (Fsp3) is 0.500. The Bertz CT molecular complexity index is 680. The number of hydrogen-bond donors (Lipinski definition) is 0. The highest BCUT2D eigenvalue weighted by Crippen LogP contribution is 2.35. The second-order valence-electron chi connectivity index (χ2n) is 6.35. The molecule has 1 atom stereocenters. The maximum absolute atomic E-state index is 12.8. The molecule has 24 heavy (non-hydrogen) atoms. The van der Waals surface area contributed by atoms with E-state index in [0.717, 1.165) is 32.4 Å². The van der Waals surface area contributed by atoms with Crippen LogP contribution in [0.3, 0.4) is 0 Å². The van der Waals surface area contributed by atoms with Crippen molar-refractivity contribution in [1.29, 1.82) is 0 Å². The zero-order chi connectivity index (χ0) is 17.3. The number of Topliss-reactive ketones (excluding diaryl/α,β-unsaturated/α-hetero) is 1. The molecule has 2 aliphatic heterocycles. The van der Waals surface area contributed by atoms with Crippen molar-refractivity contribution < 1.29 is 19.1 Å². The minimum absolute atomic E-state index is 0.0517. The van der Waals surface area contributed by atoms with E-state index in [-0.39, 0.29) is 24.2 Å². The van der Waals surface area contributed by atoms with Gasteiger partial charge < -0.3 is 9.64 Å². The van der Waals surface area contributed by atoms with Crippen LogP contribution >= 0.6 is 0 Å². The molecule has 2 heterocycles. The summed E-state index contributed by atoms with van der Waals surface area (Å²) in [5.74, 6) is 0.119. The van der Waals surface area contributed by atoms with Crippen LogP contribution < -0.4 is 9.64 Å². The lowest BCUT2D eigenvalue weighted by Gasteiger charge is -2.37. The van der Waals surface area contributed by atoms with E-state index in [1.54, 1.807) is 25.1 Å². The number of piperidine rings is 1. The first kappa shape index (κ1) is 16.5. The molecule has 0 aromatic heterocycles. The summed E-state index contributed by atoms with van der Waals surface area (Å²) in [5.41, 5.74) is 0.992. The number of nitrogens with zero attached hydrogens (tertiary/aromatic N) is 2. The van der Waals surface area contributed by atoms with Gasteiger partial charge in [0.1, 0.15) is 11.8 Å². The van der Waals surface area contributed by atoms with E-state index in [0.29, 0.717) is 17.0 Å². The average Bonchev–Trinajstić information content (AvgIpc) is 2.60. The summed E-state index contributed by atoms with van der Waals surface area (Å²) >= 11 is 0. The second kappa shape index (κ2) is 6.63. The molecule has 1 aromatic carbocycles. The van der Waals surface area contributed by atoms with Crippen molar-refractivity contribution in [1.82, 2.24) is 4.90 Å². The summed E-state index contributed by atoms with van der Waals surface area (Å²) in [6.45, 7) is 4.60. The second-order valence-corrected chi connectivity index (χ2v) is 6.35. The molecule has 0 saturated carbocycles. The molecule has 1 fully saturated rings. The predicted molar refractivity (Wildman–Crippen MR) is 89.3 cm³/mol. The van der Waals surface area contributed by atoms with Gasteiger partial charge in [0.25, 0.3) is 5.91 Å². The van der Waals surface area contributed by atoms with Gasteiger partial charge >= 0.3 is 0 Å². The molecule has 0 aliphatic carbocycles. The summed E-state index contributed by atoms with van der Waals surface area (Å²) in [6, 6.07) is 4.38. The monoisotopic (exact) mass is 330 g/mol. The standard InChI is InChI=1S/C18H22N2O4/c1-12(18(23)19-8-4-3-5-9-19)20-15-10-14(13(2)21)6-7-16(15)24-11-17(20)22/h6-7,10,12H,3-5,8-9,11H2,1-2H3. The number of likely N-dealkylation sites (tertiary alicyclic amines) is 1. The van der Waals surface area contributed by atoms with E-state index in [4.69, 9.17) is 4.74 Å². The van der Waals surface area contributed by atoms with Crippen LogP contribution in [0.5, 0.6) is 5.75 Å². The lowest BCUT2D eigenvalue weighted by atomic mass is 10.1. The molecule has 6 heteroatoms. The van der Waals surface area contributed by atoms with Gasteiger partial charge in [-0.2, -0.15) is 0 Å². The van der Waals surface area contributed by atoms with Gasteiger partial charge in [-0.15, -0.1) is 0 Å². The van der Waals surface area contributed by atoms with Crippen molar-refractivity contribution in [2.75, 3.05) is 24.6 Å². The van der Waals surface area contributed by atoms with E-state index in [1.165, 1.54) is 11.8 Å². The molecule has 128 valence electrons. The van der Waals surface area contributed by atoms with Crippen molar-refractivity contribution in [3.63, 3.8) is 0 Å². The molecule has 0 radical (unpaired) electrons. The first-order valence-electron chi connectivity index (χ1n) is 8.37. The van der Waals surface area contributed by atoms with Crippen LogP contribution in [-0.2, 0) is 9.59 Å². The van der Waals surface area contributed by atoms with Crippen molar-refractivity contribution in [3.05, 3.63) is 23.8 Å². The topological polar surface area (TPSA) is 66.9 Å². The van der Waals surface area contributed by atoms with Gasteiger partial charge in [-0.1, -0.05) is 0 Å². The van der Waals surface area contributed by atoms with Gasteiger partial charge in [0.05, 0.1) is 5.69 Å². The number of rotatable bonds is 3. The summed E-state index contributed by atoms with van der Waals surface area (Å²) in [4.78, 5) is 40.2. The number of carbonyl (C=O) groups excluding carboxylic acids is 3. The fourth-order valence-electron chi connectivity index (χ4n) is 3.30. The Balaban J connectivity index is 1.92. The van der Waals surface area contributed by atoms with Gasteiger partial charge in [-0.3, -0.25) is 19.3 Å². The predicted octanol–water partition coefficient (Wildman–Crippen LogP) is 2.02. The van der Waals surface area contributed by atoms with E-state index in [1.807, 2.05) is 4.90 Å². The van der Waals surface area contributed by atoms with Crippen LogP contribution in [-0.4, -0.2) is 48.2 Å². The van der Waals surface area contributed by atoms with E-state index in [9.17, 15) is 14.4 Å². The Morgan fingerprint density at radius 2 is 1.88 bits per heavy atom. The number of anilines is 1. The Labute approximate surface area is 141 Å². The van der Waals surface area contributed by atoms with Crippen molar-refractivity contribution in [3.8, 4) is 5.75 Å². The van der Waals surface area contributed by atoms with Crippen LogP contribution in [0.15, 0.2) is 18.2 Å². The van der Waals surface area contributed by atoms with Crippen LogP contribution in [0, 0.1) is 0 Å². The van der Waals surface area contributed by atoms with Crippen molar-refractivity contribution in [2.45, 2.75) is 39.2 Å². The molecular weight excluding hydrogens is 308 g/mol. The zero-order valence-corrected chi connectivity index (χ0v) is 14.1. The van der Waals surface area contributed by atoms with Gasteiger partial charge in [-0.05, 0) is 51.3 Å². The highest BCUT2D eigenvalue weighted by Gasteiger charge is 2.35. The van der Waals surface area contributed by atoms with Gasteiger partial charge in [0.15, 0.2) is 12.4 Å². The zero-order valence-electron chi connectivity index (χ0n) is 14.1. The van der Waals surface area contributed by atoms with E-state index >= 15 is 0 Å². The van der Waals surface area contributed by atoms with Gasteiger partial charge in [-0.25, -0.2) is 0 Å². The fourth-order valence-corrected chi connectivity index (χ4v) is 3.30. The third kappa shape index (κ3) is 3.00. The van der Waals surface area contributed by atoms with Gasteiger partial charge in [0, 0.05) is 18.7 Å². The molecule has 1 aromatic rings. The number of hydrogen-bond acceptors (Lipinski definition) is 4. The summed E-state index contributed by atoms with van der Waals surface area (Å²) in [5, 5.41) is 0. The SMILES string of the molecule is CC(=O)c1ccc2c(c1)N(C(C)C(=O)N1CCCCC1)C(=O)CO2. The van der Waals surface area contributed by atoms with Crippen LogP contribution in [0.25, 0.3) is 0 Å². The smallest absolute Gasteiger partial charge is 0.265 e. The number of fused-ring (bicyclic) bond motifs is 1. The Morgan fingerprint density at radius 1 is 1.17 bits per heavy atom. The molecule has 0 spiro atoms.